The number of nitriles is 1. The third-order valence-electron chi connectivity index (χ3n) is 6.58. The van der Waals surface area contributed by atoms with Crippen molar-refractivity contribution in [3.63, 3.8) is 0 Å². The normalized spacial score (nSPS) is 21.9. The summed E-state index contributed by atoms with van der Waals surface area (Å²) in [6.07, 6.45) is 10.1. The smallest absolute Gasteiger partial charge is 0.307 e. The van der Waals surface area contributed by atoms with Gasteiger partial charge in [-0.3, -0.25) is 0 Å². The van der Waals surface area contributed by atoms with Gasteiger partial charge in [-0.15, -0.1) is 0 Å². The Labute approximate surface area is 195 Å². The van der Waals surface area contributed by atoms with Gasteiger partial charge < -0.3 is 5.32 Å². The van der Waals surface area contributed by atoms with Gasteiger partial charge in [0.2, 0.25) is 16.2 Å². The summed E-state index contributed by atoms with van der Waals surface area (Å²) < 4.78 is 45.0. The Balaban J connectivity index is 1.54. The number of carbonyl (C=O) groups is 1. The first-order valence-corrected chi connectivity index (χ1v) is 14.5. The second-order valence-electron chi connectivity index (χ2n) is 8.60. The van der Waals surface area contributed by atoms with E-state index < -0.39 is 32.0 Å². The van der Waals surface area contributed by atoms with Crippen LogP contribution in [0.5, 0.6) is 0 Å². The van der Waals surface area contributed by atoms with Crippen LogP contribution in [-0.2, 0) is 45.6 Å². The van der Waals surface area contributed by atoms with Crippen LogP contribution in [-0.4, -0.2) is 41.3 Å². The molecule has 2 N–H and O–H groups in total. The van der Waals surface area contributed by atoms with Crippen molar-refractivity contribution in [2.75, 3.05) is 17.6 Å². The Hall–Kier alpha value is -2.42. The lowest BCUT2D eigenvalue weighted by Crippen LogP contribution is -2.36. The lowest BCUT2D eigenvalue weighted by atomic mass is 9.99. The van der Waals surface area contributed by atoms with Gasteiger partial charge >= 0.3 is 6.03 Å². The maximum atomic E-state index is 13.2. The van der Waals surface area contributed by atoms with E-state index in [9.17, 15) is 17.4 Å². The summed E-state index contributed by atoms with van der Waals surface area (Å²) in [6.45, 7) is 1.96. The topological polar surface area (TPSA) is 132 Å². The van der Waals surface area contributed by atoms with Gasteiger partial charge in [-0.2, -0.15) is 9.57 Å². The van der Waals surface area contributed by atoms with E-state index in [-0.39, 0.29) is 5.75 Å². The summed E-state index contributed by atoms with van der Waals surface area (Å²) in [4.78, 5) is 12.9. The predicted molar refractivity (Wildman–Crippen MR) is 127 cm³/mol. The molecule has 9 nitrogen and oxygen atoms in total. The zero-order valence-electron chi connectivity index (χ0n) is 18.7. The van der Waals surface area contributed by atoms with Gasteiger partial charge in [-0.05, 0) is 80.5 Å². The molecule has 1 aromatic rings. The first kappa shape index (κ1) is 23.7. The highest BCUT2D eigenvalue weighted by Gasteiger charge is 2.32. The molecule has 178 valence electrons. The van der Waals surface area contributed by atoms with Crippen LogP contribution in [0.1, 0.15) is 54.9 Å². The first-order chi connectivity index (χ1) is 15.8. The van der Waals surface area contributed by atoms with Crippen molar-refractivity contribution in [3.8, 4) is 6.19 Å². The van der Waals surface area contributed by atoms with Crippen molar-refractivity contribution < 1.29 is 17.4 Å². The number of anilines is 1. The summed E-state index contributed by atoms with van der Waals surface area (Å²) in [5.74, 6) is -0.0261. The molecule has 2 amide bonds. The van der Waals surface area contributed by atoms with E-state index in [0.717, 1.165) is 60.7 Å². The van der Waals surface area contributed by atoms with Crippen molar-refractivity contribution in [2.45, 2.75) is 64.3 Å². The zero-order valence-corrected chi connectivity index (χ0v) is 20.3. The summed E-state index contributed by atoms with van der Waals surface area (Å²) in [5.41, 5.74) is 5.58. The van der Waals surface area contributed by atoms with Gasteiger partial charge in [0.25, 0.3) is 0 Å². The van der Waals surface area contributed by atoms with Gasteiger partial charge in [0.1, 0.15) is 0 Å². The van der Waals surface area contributed by atoms with Crippen molar-refractivity contribution >= 4 is 31.7 Å². The average Bonchev–Trinajstić information content (AvgIpc) is 3.52. The number of carbonyl (C=O) groups excluding carboxylic acids is 1. The number of sulfonamides is 1. The van der Waals surface area contributed by atoms with Gasteiger partial charge in [0, 0.05) is 23.7 Å². The van der Waals surface area contributed by atoms with Crippen molar-refractivity contribution in [1.82, 2.24) is 9.03 Å². The van der Waals surface area contributed by atoms with E-state index in [1.165, 1.54) is 27.7 Å². The molecule has 0 aromatic heterocycles. The van der Waals surface area contributed by atoms with Crippen molar-refractivity contribution in [3.05, 3.63) is 39.8 Å². The Morgan fingerprint density at radius 3 is 2.45 bits per heavy atom. The molecule has 0 spiro atoms. The molecule has 1 aliphatic heterocycles. The highest BCUT2D eigenvalue weighted by Crippen LogP contribution is 2.38. The monoisotopic (exact) mass is 491 g/mol. The molecular formula is C22H29N5O4S2. The molecular weight excluding hydrogens is 462 g/mol. The minimum atomic E-state index is -3.55. The fourth-order valence-electron chi connectivity index (χ4n) is 5.05. The second kappa shape index (κ2) is 9.44. The third kappa shape index (κ3) is 4.93. The minimum absolute atomic E-state index is 0.0261. The Morgan fingerprint density at radius 2 is 1.85 bits per heavy atom. The standard InChI is InChI=1S/C22H29N5O4S2/c1-2-33(30,31)27-12-5-8-18(27)11-13-32(29,24-15-23)26-22(28)25-21-19-9-3-6-16(19)14-17-7-4-10-20(17)21/h11,13-14,18H,2-10,12H2,1H3,(H2,24,25,26,28,29)/b13-11+/t18-,32?/m1/s1. The fourth-order valence-corrected chi connectivity index (χ4v) is 7.39. The molecule has 4 rings (SSSR count). The van der Waals surface area contributed by atoms with Crippen LogP contribution in [0.25, 0.3) is 0 Å². The molecule has 1 heterocycles. The number of benzene rings is 1. The van der Waals surface area contributed by atoms with E-state index in [1.54, 1.807) is 6.92 Å². The summed E-state index contributed by atoms with van der Waals surface area (Å²) in [7, 11) is -6.96. The van der Waals surface area contributed by atoms with Crippen molar-refractivity contribution in [2.24, 2.45) is 4.36 Å². The number of aryl methyl sites for hydroxylation is 2. The Kier molecular flexibility index (Phi) is 6.79. The molecule has 1 saturated heterocycles. The molecule has 0 bridgehead atoms. The Bertz CT molecular complexity index is 1220. The van der Waals surface area contributed by atoms with E-state index in [2.05, 4.69) is 20.5 Å². The number of nitrogens with zero attached hydrogens (tertiary/aromatic N) is 3. The van der Waals surface area contributed by atoms with Gasteiger partial charge in [0.05, 0.1) is 5.75 Å². The SMILES string of the molecule is CCS(=O)(=O)N1CCC[C@@H]1/C=C/S(=O)(=NC#N)NC(=O)Nc1c2c(cc3c1CCC3)CCC2. The highest BCUT2D eigenvalue weighted by molar-refractivity contribution is 7.95. The fraction of sp³-hybridized carbons (Fsp3) is 0.545. The van der Waals surface area contributed by atoms with Crippen LogP contribution in [0.2, 0.25) is 0 Å². The summed E-state index contributed by atoms with van der Waals surface area (Å²) >= 11 is 0. The van der Waals surface area contributed by atoms with Crippen LogP contribution in [0.4, 0.5) is 10.5 Å². The number of rotatable bonds is 6. The zero-order chi connectivity index (χ0) is 23.6. The van der Waals surface area contributed by atoms with Crippen LogP contribution in [0.15, 0.2) is 21.9 Å². The van der Waals surface area contributed by atoms with E-state index in [4.69, 9.17) is 5.26 Å². The molecule has 1 aromatic carbocycles. The quantitative estimate of drug-likeness (QED) is 0.591. The lowest BCUT2D eigenvalue weighted by molar-refractivity contribution is 0.257. The number of hydrogen-bond acceptors (Lipinski definition) is 6. The van der Waals surface area contributed by atoms with Crippen LogP contribution in [0, 0.1) is 11.5 Å². The molecule has 2 aliphatic carbocycles. The number of fused-ring (bicyclic) bond motifs is 2. The minimum Gasteiger partial charge on any atom is -0.307 e. The van der Waals surface area contributed by atoms with Gasteiger partial charge in [-0.1, -0.05) is 16.5 Å². The number of urea groups is 1. The average molecular weight is 492 g/mol. The second-order valence-corrected chi connectivity index (χ2v) is 12.6. The van der Waals surface area contributed by atoms with Crippen LogP contribution < -0.4 is 10.0 Å². The van der Waals surface area contributed by atoms with Gasteiger partial charge in [-0.25, -0.2) is 22.1 Å². The maximum Gasteiger partial charge on any atom is 0.331 e. The third-order valence-corrected chi connectivity index (χ3v) is 9.84. The number of nitrogens with one attached hydrogen (secondary N) is 2. The van der Waals surface area contributed by atoms with Crippen molar-refractivity contribution in [1.29, 1.82) is 5.26 Å². The van der Waals surface area contributed by atoms with E-state index >= 15 is 0 Å². The molecule has 3 aliphatic rings. The molecule has 1 unspecified atom stereocenters. The molecule has 0 radical (unpaired) electrons. The number of hydrogen-bond donors (Lipinski definition) is 2. The first-order valence-electron chi connectivity index (χ1n) is 11.3. The van der Waals surface area contributed by atoms with Gasteiger partial charge in [0.15, 0.2) is 9.92 Å². The summed E-state index contributed by atoms with van der Waals surface area (Å²) in [5, 5.41) is 13.1. The Morgan fingerprint density at radius 1 is 1.18 bits per heavy atom. The maximum absolute atomic E-state index is 13.2. The molecule has 0 saturated carbocycles. The van der Waals surface area contributed by atoms with E-state index in [1.807, 2.05) is 0 Å². The molecule has 11 heteroatoms. The summed E-state index contributed by atoms with van der Waals surface area (Å²) in [6, 6.07) is 1.08. The lowest BCUT2D eigenvalue weighted by Gasteiger charge is -2.21. The largest absolute Gasteiger partial charge is 0.331 e. The van der Waals surface area contributed by atoms with E-state index in [0.29, 0.717) is 19.4 Å². The van der Waals surface area contributed by atoms with Crippen LogP contribution in [0.3, 0.4) is 0 Å². The molecule has 1 fully saturated rings. The molecule has 33 heavy (non-hydrogen) atoms. The van der Waals surface area contributed by atoms with Crippen LogP contribution >= 0.6 is 0 Å². The predicted octanol–water partition coefficient (Wildman–Crippen LogP) is 2.98. The molecule has 2 atom stereocenters. The highest BCUT2D eigenvalue weighted by atomic mass is 32.2. The number of amides is 2.